The zero-order chi connectivity index (χ0) is 19.1. The summed E-state index contributed by atoms with van der Waals surface area (Å²) in [5.41, 5.74) is 1.46. The molecule has 0 spiro atoms. The van der Waals surface area contributed by atoms with Crippen LogP contribution in [-0.2, 0) is 16.1 Å². The van der Waals surface area contributed by atoms with Crippen LogP contribution in [0.2, 0.25) is 0 Å². The van der Waals surface area contributed by atoms with E-state index in [0.717, 1.165) is 12.0 Å². The van der Waals surface area contributed by atoms with Gasteiger partial charge in [0.25, 0.3) is 0 Å². The maximum atomic E-state index is 12.7. The molecule has 0 saturated carbocycles. The van der Waals surface area contributed by atoms with Gasteiger partial charge in [-0.1, -0.05) is 60.7 Å². The number of benzene rings is 2. The number of carbonyl (C=O) groups is 3. The van der Waals surface area contributed by atoms with Crippen molar-refractivity contribution in [1.29, 1.82) is 0 Å². The Bertz CT molecular complexity index is 792. The molecule has 0 radical (unpaired) electrons. The van der Waals surface area contributed by atoms with Crippen LogP contribution in [0.4, 0.5) is 4.79 Å². The van der Waals surface area contributed by atoms with Gasteiger partial charge in [-0.25, -0.2) is 4.79 Å². The van der Waals surface area contributed by atoms with Crippen LogP contribution in [0.5, 0.6) is 0 Å². The molecule has 0 bridgehead atoms. The number of Topliss-reactive ketones (excluding diaryl/α,β-unsaturated/α-hetero) is 1. The monoisotopic (exact) mass is 366 g/mol. The van der Waals surface area contributed by atoms with Crippen molar-refractivity contribution in [2.45, 2.75) is 25.5 Å². The molecule has 3 rings (SSSR count). The third-order valence-electron chi connectivity index (χ3n) is 4.53. The van der Waals surface area contributed by atoms with Crippen LogP contribution < -0.4 is 5.32 Å². The molecule has 1 aliphatic rings. The number of alkyl carbamates (subject to hydrolysis) is 1. The summed E-state index contributed by atoms with van der Waals surface area (Å²) in [5.74, 6) is -0.341. The molecule has 1 atom stereocenters. The van der Waals surface area contributed by atoms with Gasteiger partial charge in [0.1, 0.15) is 13.2 Å². The molecule has 6 heteroatoms. The van der Waals surface area contributed by atoms with Crippen molar-refractivity contribution in [1.82, 2.24) is 10.2 Å². The standard InChI is InChI=1S/C21H22N2O4/c24-19(14-22-21(26)27-15-16-8-3-1-4-9-16)23-13-7-12-18(23)20(25)17-10-5-2-6-11-17/h1-6,8-11,18H,7,12-15H2,(H,22,26)/t18-/m0/s1. The number of rotatable bonds is 6. The third kappa shape index (κ3) is 4.94. The molecule has 1 aliphatic heterocycles. The molecule has 2 aromatic rings. The van der Waals surface area contributed by atoms with Crippen LogP contribution >= 0.6 is 0 Å². The normalized spacial score (nSPS) is 16.0. The SMILES string of the molecule is O=C(NCC(=O)N1CCC[C@H]1C(=O)c1ccccc1)OCc1ccccc1. The lowest BCUT2D eigenvalue weighted by Crippen LogP contribution is -2.45. The summed E-state index contributed by atoms with van der Waals surface area (Å²) in [6.07, 6.45) is 0.753. The molecule has 0 aromatic heterocycles. The maximum Gasteiger partial charge on any atom is 0.407 e. The Morgan fingerprint density at radius 1 is 1.00 bits per heavy atom. The fourth-order valence-electron chi connectivity index (χ4n) is 3.16. The maximum absolute atomic E-state index is 12.7. The minimum atomic E-state index is -0.655. The molecule has 140 valence electrons. The van der Waals surface area contributed by atoms with Crippen molar-refractivity contribution in [2.75, 3.05) is 13.1 Å². The van der Waals surface area contributed by atoms with Gasteiger partial charge in [0.05, 0.1) is 6.04 Å². The van der Waals surface area contributed by atoms with Crippen LogP contribution in [0.15, 0.2) is 60.7 Å². The summed E-state index contributed by atoms with van der Waals surface area (Å²) < 4.78 is 5.10. The number of nitrogens with one attached hydrogen (secondary N) is 1. The van der Waals surface area contributed by atoms with Crippen molar-refractivity contribution in [3.8, 4) is 0 Å². The van der Waals surface area contributed by atoms with Gasteiger partial charge >= 0.3 is 6.09 Å². The molecule has 0 unspecified atom stereocenters. The van der Waals surface area contributed by atoms with E-state index in [4.69, 9.17) is 4.74 Å². The van der Waals surface area contributed by atoms with E-state index in [1.807, 2.05) is 36.4 Å². The molecule has 27 heavy (non-hydrogen) atoms. The number of ether oxygens (including phenoxy) is 1. The summed E-state index contributed by atoms with van der Waals surface area (Å²) in [7, 11) is 0. The Hall–Kier alpha value is -3.15. The smallest absolute Gasteiger partial charge is 0.407 e. The summed E-state index contributed by atoms with van der Waals surface area (Å²) >= 11 is 0. The largest absolute Gasteiger partial charge is 0.445 e. The lowest BCUT2D eigenvalue weighted by Gasteiger charge is -2.23. The predicted molar refractivity (Wildman–Crippen MR) is 100 cm³/mol. The Labute approximate surface area is 158 Å². The third-order valence-corrected chi connectivity index (χ3v) is 4.53. The Morgan fingerprint density at radius 3 is 2.37 bits per heavy atom. The van der Waals surface area contributed by atoms with E-state index in [0.29, 0.717) is 18.5 Å². The number of nitrogens with zero attached hydrogens (tertiary/aromatic N) is 1. The number of hydrogen-bond acceptors (Lipinski definition) is 4. The highest BCUT2D eigenvalue weighted by atomic mass is 16.5. The highest BCUT2D eigenvalue weighted by Gasteiger charge is 2.34. The number of ketones is 1. The van der Waals surface area contributed by atoms with Gasteiger partial charge in [-0.2, -0.15) is 0 Å². The molecule has 1 saturated heterocycles. The van der Waals surface area contributed by atoms with Crippen LogP contribution in [0.25, 0.3) is 0 Å². The van der Waals surface area contributed by atoms with Crippen molar-refractivity contribution in [2.24, 2.45) is 0 Å². The lowest BCUT2D eigenvalue weighted by atomic mass is 10.0. The lowest BCUT2D eigenvalue weighted by molar-refractivity contribution is -0.130. The molecule has 0 aliphatic carbocycles. The summed E-state index contributed by atoms with van der Waals surface area (Å²) in [5, 5.41) is 2.47. The van der Waals surface area contributed by atoms with Crippen molar-refractivity contribution >= 4 is 17.8 Å². The van der Waals surface area contributed by atoms with Gasteiger partial charge in [0, 0.05) is 12.1 Å². The average Bonchev–Trinajstić information content (AvgIpc) is 3.21. The number of likely N-dealkylation sites (tertiary alicyclic amines) is 1. The van der Waals surface area contributed by atoms with Gasteiger partial charge in [-0.3, -0.25) is 9.59 Å². The van der Waals surface area contributed by atoms with Crippen molar-refractivity contribution in [3.05, 3.63) is 71.8 Å². The number of carbonyl (C=O) groups excluding carboxylic acids is 3. The molecular formula is C21H22N2O4. The fourth-order valence-corrected chi connectivity index (χ4v) is 3.16. The van der Waals surface area contributed by atoms with E-state index in [1.165, 1.54) is 0 Å². The van der Waals surface area contributed by atoms with Gasteiger partial charge in [-0.15, -0.1) is 0 Å². The molecule has 1 heterocycles. The topological polar surface area (TPSA) is 75.7 Å². The van der Waals surface area contributed by atoms with Gasteiger partial charge in [-0.05, 0) is 18.4 Å². The highest BCUT2D eigenvalue weighted by Crippen LogP contribution is 2.21. The minimum absolute atomic E-state index is 0.0619. The van der Waals surface area contributed by atoms with E-state index in [2.05, 4.69) is 5.32 Å². The first-order valence-electron chi connectivity index (χ1n) is 8.98. The quantitative estimate of drug-likeness (QED) is 0.798. The van der Waals surface area contributed by atoms with Crippen LogP contribution in [0.1, 0.15) is 28.8 Å². The summed E-state index contributed by atoms with van der Waals surface area (Å²) in [6, 6.07) is 17.8. The zero-order valence-corrected chi connectivity index (χ0v) is 15.0. The molecule has 1 N–H and O–H groups in total. The molecule has 6 nitrogen and oxygen atoms in total. The average molecular weight is 366 g/mol. The van der Waals surface area contributed by atoms with E-state index in [9.17, 15) is 14.4 Å². The van der Waals surface area contributed by atoms with E-state index >= 15 is 0 Å². The highest BCUT2D eigenvalue weighted by molar-refractivity contribution is 6.02. The second-order valence-electron chi connectivity index (χ2n) is 6.39. The molecule has 1 fully saturated rings. The van der Waals surface area contributed by atoms with Crippen LogP contribution in [-0.4, -0.2) is 41.8 Å². The number of hydrogen-bond donors (Lipinski definition) is 1. The van der Waals surface area contributed by atoms with Crippen LogP contribution in [0.3, 0.4) is 0 Å². The second kappa shape index (κ2) is 8.98. The first-order valence-corrected chi connectivity index (χ1v) is 8.98. The first kappa shape index (κ1) is 18.6. The van der Waals surface area contributed by atoms with Crippen molar-refractivity contribution in [3.63, 3.8) is 0 Å². The van der Waals surface area contributed by atoms with E-state index in [1.54, 1.807) is 29.2 Å². The van der Waals surface area contributed by atoms with Crippen molar-refractivity contribution < 1.29 is 19.1 Å². The zero-order valence-electron chi connectivity index (χ0n) is 15.0. The van der Waals surface area contributed by atoms with E-state index in [-0.39, 0.29) is 24.8 Å². The predicted octanol–water partition coefficient (Wildman–Crippen LogP) is 2.79. The van der Waals surface area contributed by atoms with Gasteiger partial charge in [0.2, 0.25) is 5.91 Å². The number of amides is 2. The Balaban J connectivity index is 1.49. The minimum Gasteiger partial charge on any atom is -0.445 e. The first-order chi connectivity index (χ1) is 13.1. The van der Waals surface area contributed by atoms with Gasteiger partial charge < -0.3 is 15.0 Å². The molecule has 2 aromatic carbocycles. The summed E-state index contributed by atoms with van der Waals surface area (Å²) in [4.78, 5) is 38.5. The fraction of sp³-hybridized carbons (Fsp3) is 0.286. The van der Waals surface area contributed by atoms with E-state index < -0.39 is 12.1 Å². The Kier molecular flexibility index (Phi) is 6.20. The molecule has 2 amide bonds. The van der Waals surface area contributed by atoms with Crippen LogP contribution in [0, 0.1) is 0 Å². The Morgan fingerprint density at radius 2 is 1.67 bits per heavy atom. The van der Waals surface area contributed by atoms with Gasteiger partial charge in [0.15, 0.2) is 5.78 Å². The molecular weight excluding hydrogens is 344 g/mol. The summed E-state index contributed by atoms with van der Waals surface area (Å²) in [6.45, 7) is 0.467. The second-order valence-corrected chi connectivity index (χ2v) is 6.39.